The summed E-state index contributed by atoms with van der Waals surface area (Å²) >= 11 is 0. The summed E-state index contributed by atoms with van der Waals surface area (Å²) in [6.45, 7) is 9.91. The van der Waals surface area contributed by atoms with Crippen LogP contribution < -0.4 is 9.64 Å². The van der Waals surface area contributed by atoms with Gasteiger partial charge >= 0.3 is 0 Å². The monoisotopic (exact) mass is 411 g/mol. The van der Waals surface area contributed by atoms with Gasteiger partial charge in [0.15, 0.2) is 0 Å². The predicted octanol–water partition coefficient (Wildman–Crippen LogP) is 3.22. The maximum atomic E-state index is 12.3. The molecular formula is C24H33N3O3. The highest BCUT2D eigenvalue weighted by atomic mass is 16.5. The van der Waals surface area contributed by atoms with Crippen molar-refractivity contribution in [3.8, 4) is 5.75 Å². The van der Waals surface area contributed by atoms with Crippen LogP contribution in [0.4, 0.5) is 5.69 Å². The molecule has 1 saturated carbocycles. The van der Waals surface area contributed by atoms with Crippen molar-refractivity contribution in [2.24, 2.45) is 0 Å². The standard InChI is InChI=1S/C24H33N3O3/c1-17(2)30-22-7-5-4-6-21(22)26-14-12-25(13-15-26)19-8-10-20(11-9-19)27-23(28)16-18(3)24(27)29/h4-7,16-17,19-20H,8-15H2,1-3H3. The van der Waals surface area contributed by atoms with Crippen LogP contribution in [0.15, 0.2) is 35.9 Å². The summed E-state index contributed by atoms with van der Waals surface area (Å²) in [5.41, 5.74) is 1.75. The SMILES string of the molecule is CC1=CC(=O)N(C2CCC(N3CCN(c4ccccc4OC(C)C)CC3)CC2)C1=O. The number of rotatable bonds is 5. The van der Waals surface area contributed by atoms with Gasteiger partial charge in [-0.05, 0) is 58.6 Å². The number of nitrogens with zero attached hydrogens (tertiary/aromatic N) is 3. The lowest BCUT2D eigenvalue weighted by molar-refractivity contribution is -0.140. The first-order chi connectivity index (χ1) is 14.4. The van der Waals surface area contributed by atoms with E-state index in [9.17, 15) is 9.59 Å². The Balaban J connectivity index is 1.30. The molecule has 6 nitrogen and oxygen atoms in total. The van der Waals surface area contributed by atoms with Gasteiger partial charge in [0.1, 0.15) is 5.75 Å². The van der Waals surface area contributed by atoms with Gasteiger partial charge in [-0.1, -0.05) is 12.1 Å². The van der Waals surface area contributed by atoms with Crippen LogP contribution in [0.3, 0.4) is 0 Å². The third kappa shape index (κ3) is 4.24. The van der Waals surface area contributed by atoms with Gasteiger partial charge in [-0.2, -0.15) is 0 Å². The first-order valence-electron chi connectivity index (χ1n) is 11.2. The summed E-state index contributed by atoms with van der Waals surface area (Å²) in [5.74, 6) is 0.738. The Morgan fingerprint density at radius 2 is 1.57 bits per heavy atom. The maximum absolute atomic E-state index is 12.3. The quantitative estimate of drug-likeness (QED) is 0.697. The second kappa shape index (κ2) is 8.80. The van der Waals surface area contributed by atoms with E-state index in [4.69, 9.17) is 4.74 Å². The molecule has 162 valence electrons. The van der Waals surface area contributed by atoms with Gasteiger partial charge < -0.3 is 9.64 Å². The highest BCUT2D eigenvalue weighted by molar-refractivity contribution is 6.16. The van der Waals surface area contributed by atoms with Gasteiger partial charge in [-0.3, -0.25) is 19.4 Å². The van der Waals surface area contributed by atoms with Gasteiger partial charge in [-0.15, -0.1) is 0 Å². The van der Waals surface area contributed by atoms with Crippen LogP contribution in [-0.4, -0.2) is 66.0 Å². The molecular weight excluding hydrogens is 378 g/mol. The molecule has 6 heteroatoms. The number of benzene rings is 1. The summed E-state index contributed by atoms with van der Waals surface area (Å²) < 4.78 is 6.01. The van der Waals surface area contributed by atoms with E-state index in [0.29, 0.717) is 11.6 Å². The fourth-order valence-electron chi connectivity index (χ4n) is 5.03. The van der Waals surface area contributed by atoms with E-state index in [0.717, 1.165) is 57.6 Å². The molecule has 30 heavy (non-hydrogen) atoms. The van der Waals surface area contributed by atoms with Crippen LogP contribution in [0, 0.1) is 0 Å². The highest BCUT2D eigenvalue weighted by Gasteiger charge is 2.38. The molecule has 0 N–H and O–H groups in total. The predicted molar refractivity (Wildman–Crippen MR) is 118 cm³/mol. The molecule has 0 bridgehead atoms. The first-order valence-corrected chi connectivity index (χ1v) is 11.2. The van der Waals surface area contributed by atoms with E-state index in [1.165, 1.54) is 16.7 Å². The molecule has 2 heterocycles. The zero-order chi connectivity index (χ0) is 21.3. The minimum atomic E-state index is -0.128. The topological polar surface area (TPSA) is 53.1 Å². The average Bonchev–Trinajstić information content (AvgIpc) is 3.00. The molecule has 1 aliphatic carbocycles. The zero-order valence-electron chi connectivity index (χ0n) is 18.3. The molecule has 1 aromatic carbocycles. The largest absolute Gasteiger partial charge is 0.489 e. The van der Waals surface area contributed by atoms with E-state index < -0.39 is 0 Å². The summed E-state index contributed by atoms with van der Waals surface area (Å²) in [4.78, 5) is 30.9. The lowest BCUT2D eigenvalue weighted by Crippen LogP contribution is -2.53. The molecule has 2 amide bonds. The van der Waals surface area contributed by atoms with Crippen molar-refractivity contribution in [1.29, 1.82) is 0 Å². The molecule has 0 aromatic heterocycles. The van der Waals surface area contributed by atoms with Crippen molar-refractivity contribution in [2.45, 2.75) is 64.6 Å². The molecule has 0 unspecified atom stereocenters. The second-order valence-corrected chi connectivity index (χ2v) is 8.96. The summed E-state index contributed by atoms with van der Waals surface area (Å²) in [5, 5.41) is 0. The number of hydrogen-bond acceptors (Lipinski definition) is 5. The third-order valence-electron chi connectivity index (χ3n) is 6.56. The summed E-state index contributed by atoms with van der Waals surface area (Å²) in [6, 6.07) is 8.93. The van der Waals surface area contributed by atoms with E-state index in [2.05, 4.69) is 41.8 Å². The molecule has 2 fully saturated rings. The van der Waals surface area contributed by atoms with Crippen LogP contribution in [0.2, 0.25) is 0 Å². The Kier molecular flexibility index (Phi) is 6.14. The molecule has 0 spiro atoms. The molecule has 0 atom stereocenters. The smallest absolute Gasteiger partial charge is 0.256 e. The van der Waals surface area contributed by atoms with Crippen LogP contribution in [0.5, 0.6) is 5.75 Å². The van der Waals surface area contributed by atoms with E-state index >= 15 is 0 Å². The van der Waals surface area contributed by atoms with Crippen LogP contribution in [0.25, 0.3) is 0 Å². The number of anilines is 1. The van der Waals surface area contributed by atoms with Crippen molar-refractivity contribution in [2.75, 3.05) is 31.1 Å². The number of carbonyl (C=O) groups is 2. The van der Waals surface area contributed by atoms with Gasteiger partial charge in [-0.25, -0.2) is 0 Å². The van der Waals surface area contributed by atoms with E-state index in [-0.39, 0.29) is 24.0 Å². The average molecular weight is 412 g/mol. The molecule has 2 aliphatic heterocycles. The maximum Gasteiger partial charge on any atom is 0.256 e. The number of amides is 2. The summed E-state index contributed by atoms with van der Waals surface area (Å²) in [6.07, 6.45) is 5.56. The Labute approximate surface area is 179 Å². The zero-order valence-corrected chi connectivity index (χ0v) is 18.3. The van der Waals surface area contributed by atoms with Crippen molar-refractivity contribution in [1.82, 2.24) is 9.80 Å². The Hall–Kier alpha value is -2.34. The van der Waals surface area contributed by atoms with Gasteiger partial charge in [0.25, 0.3) is 11.8 Å². The van der Waals surface area contributed by atoms with Crippen LogP contribution >= 0.6 is 0 Å². The molecule has 4 rings (SSSR count). The van der Waals surface area contributed by atoms with Crippen molar-refractivity contribution < 1.29 is 14.3 Å². The van der Waals surface area contributed by atoms with Crippen molar-refractivity contribution in [3.05, 3.63) is 35.9 Å². The van der Waals surface area contributed by atoms with Gasteiger partial charge in [0.05, 0.1) is 11.8 Å². The number of para-hydroxylation sites is 2. The fourth-order valence-corrected chi connectivity index (χ4v) is 5.03. The normalized spacial score (nSPS) is 25.8. The number of carbonyl (C=O) groups excluding carboxylic acids is 2. The Morgan fingerprint density at radius 1 is 0.933 bits per heavy atom. The number of ether oxygens (including phenoxy) is 1. The van der Waals surface area contributed by atoms with Crippen LogP contribution in [0.1, 0.15) is 46.5 Å². The molecule has 3 aliphatic rings. The minimum absolute atomic E-state index is 0.0660. The highest BCUT2D eigenvalue weighted by Crippen LogP contribution is 2.32. The Morgan fingerprint density at radius 3 is 2.17 bits per heavy atom. The minimum Gasteiger partial charge on any atom is -0.489 e. The number of piperazine rings is 1. The lowest BCUT2D eigenvalue weighted by atomic mass is 9.89. The number of imide groups is 1. The van der Waals surface area contributed by atoms with E-state index in [1.807, 2.05) is 6.07 Å². The van der Waals surface area contributed by atoms with E-state index in [1.54, 1.807) is 6.92 Å². The van der Waals surface area contributed by atoms with Crippen LogP contribution in [-0.2, 0) is 9.59 Å². The molecule has 1 saturated heterocycles. The van der Waals surface area contributed by atoms with Gasteiger partial charge in [0, 0.05) is 49.9 Å². The lowest BCUT2D eigenvalue weighted by Gasteiger charge is -2.43. The first kappa shape index (κ1) is 20.9. The second-order valence-electron chi connectivity index (χ2n) is 8.96. The Bertz CT molecular complexity index is 819. The summed E-state index contributed by atoms with van der Waals surface area (Å²) in [7, 11) is 0. The third-order valence-corrected chi connectivity index (χ3v) is 6.56. The number of hydrogen-bond donors (Lipinski definition) is 0. The molecule has 0 radical (unpaired) electrons. The molecule has 1 aromatic rings. The van der Waals surface area contributed by atoms with Crippen molar-refractivity contribution in [3.63, 3.8) is 0 Å². The fraction of sp³-hybridized carbons (Fsp3) is 0.583. The van der Waals surface area contributed by atoms with Gasteiger partial charge in [0.2, 0.25) is 0 Å². The van der Waals surface area contributed by atoms with Crippen molar-refractivity contribution >= 4 is 17.5 Å².